The first-order valence-electron chi connectivity index (χ1n) is 21.8. The Hall–Kier alpha value is -2.30. The second kappa shape index (κ2) is 36.1. The van der Waals surface area contributed by atoms with E-state index in [9.17, 15) is 30.0 Å². The van der Waals surface area contributed by atoms with Crippen LogP contribution in [-0.2, 0) is 28.5 Å². The highest BCUT2D eigenvalue weighted by Gasteiger charge is 2.44. The summed E-state index contributed by atoms with van der Waals surface area (Å²) in [6, 6.07) is 0. The van der Waals surface area contributed by atoms with Crippen molar-refractivity contribution in [2.45, 2.75) is 211 Å². The Balaban J connectivity index is 2.42. The number of unbranched alkanes of at least 4 members (excludes halogenated alkanes) is 21. The number of ether oxygens (including phenoxy) is 4. The summed E-state index contributed by atoms with van der Waals surface area (Å²) in [5, 5.41) is 40.0. The highest BCUT2D eigenvalue weighted by molar-refractivity contribution is 5.82. The Morgan fingerprint density at radius 3 is 1.75 bits per heavy atom. The van der Waals surface area contributed by atoms with Gasteiger partial charge in [-0.05, 0) is 57.1 Å². The molecule has 1 aliphatic rings. The molecular weight excluding hydrogens is 700 g/mol. The molecule has 0 saturated carbocycles. The molecule has 1 rings (SSSR count). The molecule has 0 aromatic rings. The summed E-state index contributed by atoms with van der Waals surface area (Å²) >= 11 is 0. The molecule has 0 aliphatic carbocycles. The Morgan fingerprint density at radius 2 is 1.18 bits per heavy atom. The van der Waals surface area contributed by atoms with Crippen molar-refractivity contribution in [3.8, 4) is 0 Å². The third kappa shape index (κ3) is 27.9. The molecule has 0 aromatic heterocycles. The molecule has 10 nitrogen and oxygen atoms in total. The fourth-order valence-corrected chi connectivity index (χ4v) is 6.37. The number of carbonyl (C=O) groups excluding carboxylic acids is 2. The molecular formula is C45H78O10. The number of esters is 2. The topological polar surface area (TPSA) is 152 Å². The molecule has 6 atom stereocenters. The first kappa shape index (κ1) is 50.7. The Bertz CT molecular complexity index is 1050. The van der Waals surface area contributed by atoms with E-state index in [4.69, 9.17) is 18.9 Å². The van der Waals surface area contributed by atoms with Gasteiger partial charge < -0.3 is 39.4 Å². The van der Waals surface area contributed by atoms with Crippen LogP contribution in [0, 0.1) is 0 Å². The predicted molar refractivity (Wildman–Crippen MR) is 218 cm³/mol. The second-order valence-corrected chi connectivity index (χ2v) is 15.0. The molecule has 0 aromatic carbocycles. The molecule has 0 bridgehead atoms. The average Bonchev–Trinajstić information content (AvgIpc) is 3.18. The van der Waals surface area contributed by atoms with Gasteiger partial charge in [0.25, 0.3) is 0 Å². The zero-order valence-electron chi connectivity index (χ0n) is 34.5. The Morgan fingerprint density at radius 1 is 0.655 bits per heavy atom. The van der Waals surface area contributed by atoms with Crippen molar-refractivity contribution < 1.29 is 49.0 Å². The van der Waals surface area contributed by atoms with Crippen molar-refractivity contribution in [3.05, 3.63) is 42.2 Å². The van der Waals surface area contributed by atoms with E-state index in [-0.39, 0.29) is 19.6 Å². The van der Waals surface area contributed by atoms with Crippen LogP contribution in [0.25, 0.3) is 0 Å². The molecule has 318 valence electrons. The molecule has 2 unspecified atom stereocenters. The van der Waals surface area contributed by atoms with E-state index in [0.717, 1.165) is 51.4 Å². The molecule has 0 spiro atoms. The van der Waals surface area contributed by atoms with E-state index in [1.165, 1.54) is 102 Å². The van der Waals surface area contributed by atoms with Gasteiger partial charge in [0.1, 0.15) is 31.0 Å². The summed E-state index contributed by atoms with van der Waals surface area (Å²) in [4.78, 5) is 25.2. The first-order valence-corrected chi connectivity index (χ1v) is 21.8. The summed E-state index contributed by atoms with van der Waals surface area (Å²) in [6.07, 6.45) is 31.3. The van der Waals surface area contributed by atoms with Crippen LogP contribution in [0.15, 0.2) is 42.2 Å². The van der Waals surface area contributed by atoms with E-state index in [1.807, 2.05) is 12.2 Å². The molecule has 1 saturated heterocycles. The van der Waals surface area contributed by atoms with Crippen LogP contribution in [0.3, 0.4) is 0 Å². The maximum atomic E-state index is 12.7. The zero-order valence-corrected chi connectivity index (χ0v) is 34.5. The van der Waals surface area contributed by atoms with Crippen molar-refractivity contribution in [2.75, 3.05) is 19.8 Å². The quantitative estimate of drug-likeness (QED) is 0.0161. The van der Waals surface area contributed by atoms with Gasteiger partial charge in [0.15, 0.2) is 12.4 Å². The van der Waals surface area contributed by atoms with Gasteiger partial charge in [-0.25, -0.2) is 4.79 Å². The maximum Gasteiger partial charge on any atom is 0.330 e. The lowest BCUT2D eigenvalue weighted by molar-refractivity contribution is -0.305. The fraction of sp³-hybridized carbons (Fsp3) is 0.800. The van der Waals surface area contributed by atoms with Gasteiger partial charge in [-0.15, -0.1) is 5.73 Å². The normalized spacial score (nSPS) is 20.4. The summed E-state index contributed by atoms with van der Waals surface area (Å²) in [7, 11) is 0. The minimum Gasteiger partial charge on any atom is -0.458 e. The number of aliphatic hydroxyl groups is 4. The molecule has 1 aliphatic heterocycles. The van der Waals surface area contributed by atoms with Crippen molar-refractivity contribution in [1.82, 2.24) is 0 Å². The lowest BCUT2D eigenvalue weighted by atomic mass is 9.99. The summed E-state index contributed by atoms with van der Waals surface area (Å²) in [5.41, 5.74) is 3.29. The molecule has 0 radical (unpaired) electrons. The Labute approximate surface area is 333 Å². The first-order chi connectivity index (χ1) is 26.8. The molecule has 10 heteroatoms. The van der Waals surface area contributed by atoms with Crippen molar-refractivity contribution in [2.24, 2.45) is 0 Å². The van der Waals surface area contributed by atoms with E-state index in [1.54, 1.807) is 6.08 Å². The number of hydrogen-bond acceptors (Lipinski definition) is 10. The lowest BCUT2D eigenvalue weighted by Crippen LogP contribution is -2.59. The number of rotatable bonds is 35. The molecule has 55 heavy (non-hydrogen) atoms. The second-order valence-electron chi connectivity index (χ2n) is 15.0. The van der Waals surface area contributed by atoms with Crippen LogP contribution in [0.5, 0.6) is 0 Å². The van der Waals surface area contributed by atoms with Crippen LogP contribution in [-0.4, -0.2) is 89.0 Å². The van der Waals surface area contributed by atoms with Gasteiger partial charge in [-0.1, -0.05) is 141 Å². The number of hydrogen-bond donors (Lipinski definition) is 4. The summed E-state index contributed by atoms with van der Waals surface area (Å²) in [5.74, 6) is -1.08. The van der Waals surface area contributed by atoms with E-state index in [2.05, 4.69) is 31.7 Å². The summed E-state index contributed by atoms with van der Waals surface area (Å²) < 4.78 is 21.9. The Kier molecular flexibility index (Phi) is 33.3. The van der Waals surface area contributed by atoms with Crippen molar-refractivity contribution >= 4 is 11.9 Å². The standard InChI is InChI=1S/C45H78O10/c1-3-5-7-9-11-13-15-17-19-21-23-25-27-29-31-33-40(47)52-36-38(37-53-45-44(51)43(50)42(49)39(35-46)55-45)54-41(48)34-32-30-28-26-24-22-20-18-16-14-12-10-8-6-4-2/h16,20,27,29,31,33,38-39,42-46,49-51H,3-15,17,19,21-26,28,30,32,34-37H2,1-2H3/b29-27+,33-31+/t18?,38-,39-,42+,43?,44?,45-/m0/s1. The molecule has 0 amide bonds. The van der Waals surface area contributed by atoms with E-state index in [0.29, 0.717) is 6.42 Å². The number of allylic oxidation sites excluding steroid dienone is 4. The largest absolute Gasteiger partial charge is 0.458 e. The lowest BCUT2D eigenvalue weighted by Gasteiger charge is -2.39. The monoisotopic (exact) mass is 779 g/mol. The summed E-state index contributed by atoms with van der Waals surface area (Å²) in [6.45, 7) is 3.26. The van der Waals surface area contributed by atoms with Crippen molar-refractivity contribution in [3.63, 3.8) is 0 Å². The minimum atomic E-state index is -1.61. The van der Waals surface area contributed by atoms with Gasteiger partial charge in [-0.3, -0.25) is 4.79 Å². The molecule has 1 heterocycles. The van der Waals surface area contributed by atoms with Crippen LogP contribution >= 0.6 is 0 Å². The predicted octanol–water partition coefficient (Wildman–Crippen LogP) is 8.87. The van der Waals surface area contributed by atoms with Gasteiger partial charge in [-0.2, -0.15) is 0 Å². The third-order valence-electron chi connectivity index (χ3n) is 9.88. The maximum absolute atomic E-state index is 12.7. The highest BCUT2D eigenvalue weighted by Crippen LogP contribution is 2.22. The molecule has 1 fully saturated rings. The van der Waals surface area contributed by atoms with Gasteiger partial charge in [0.05, 0.1) is 13.2 Å². The van der Waals surface area contributed by atoms with Crippen LogP contribution in [0.1, 0.15) is 174 Å². The molecule has 4 N–H and O–H groups in total. The average molecular weight is 779 g/mol. The van der Waals surface area contributed by atoms with Gasteiger partial charge in [0, 0.05) is 12.5 Å². The third-order valence-corrected chi connectivity index (χ3v) is 9.88. The fourth-order valence-electron chi connectivity index (χ4n) is 6.37. The van der Waals surface area contributed by atoms with E-state index >= 15 is 0 Å². The van der Waals surface area contributed by atoms with Crippen LogP contribution in [0.2, 0.25) is 0 Å². The van der Waals surface area contributed by atoms with Crippen molar-refractivity contribution in [1.29, 1.82) is 0 Å². The smallest absolute Gasteiger partial charge is 0.330 e. The van der Waals surface area contributed by atoms with Crippen LogP contribution < -0.4 is 0 Å². The number of aliphatic hydroxyl groups excluding tert-OH is 4. The zero-order chi connectivity index (χ0) is 40.2. The van der Waals surface area contributed by atoms with Crippen LogP contribution in [0.4, 0.5) is 0 Å². The highest BCUT2D eigenvalue weighted by atomic mass is 16.7. The van der Waals surface area contributed by atoms with Gasteiger partial charge in [0.2, 0.25) is 0 Å². The number of carbonyl (C=O) groups is 2. The van der Waals surface area contributed by atoms with Gasteiger partial charge >= 0.3 is 11.9 Å². The SMILES string of the molecule is CCCCCCCC=C=CCCCCCCCC(=O)O[C@@H](COC(=O)/C=C/C=C/CCCCCCCCCCCCC)CO[C@H]1O[C@@H](CO)[C@@H](O)C(O)C1O. The minimum absolute atomic E-state index is 0.190. The van der Waals surface area contributed by atoms with E-state index < -0.39 is 55.4 Å².